The number of para-hydroxylation sites is 1. The molecule has 2 aromatic carbocycles. The third-order valence-electron chi connectivity index (χ3n) is 6.32. The second-order valence-electron chi connectivity index (χ2n) is 8.45. The van der Waals surface area contributed by atoms with E-state index in [-0.39, 0.29) is 17.9 Å². The number of nitrogens with one attached hydrogen (secondary N) is 1. The molecule has 32 heavy (non-hydrogen) atoms. The Balaban J connectivity index is 1.59. The van der Waals surface area contributed by atoms with Crippen molar-refractivity contribution in [2.45, 2.75) is 33.7 Å². The van der Waals surface area contributed by atoms with E-state index < -0.39 is 0 Å². The Morgan fingerprint density at radius 1 is 0.906 bits per heavy atom. The average molecular weight is 437 g/mol. The van der Waals surface area contributed by atoms with Crippen molar-refractivity contribution in [3.8, 4) is 0 Å². The van der Waals surface area contributed by atoms with Crippen LogP contribution >= 0.6 is 0 Å². The zero-order valence-corrected chi connectivity index (χ0v) is 19.8. The van der Waals surface area contributed by atoms with Gasteiger partial charge in [0, 0.05) is 31.9 Å². The molecule has 6 nitrogen and oxygen atoms in total. The van der Waals surface area contributed by atoms with Crippen molar-refractivity contribution in [3.05, 3.63) is 65.2 Å². The summed E-state index contributed by atoms with van der Waals surface area (Å²) < 4.78 is 0. The summed E-state index contributed by atoms with van der Waals surface area (Å²) >= 11 is 0. The maximum Gasteiger partial charge on any atom is 0.244 e. The molecule has 1 fully saturated rings. The van der Waals surface area contributed by atoms with Gasteiger partial charge in [-0.05, 0) is 43.6 Å². The van der Waals surface area contributed by atoms with Crippen LogP contribution in [0.5, 0.6) is 0 Å². The molecule has 2 aromatic rings. The highest BCUT2D eigenvalue weighted by Gasteiger charge is 2.32. The van der Waals surface area contributed by atoms with Gasteiger partial charge < -0.3 is 10.2 Å². The van der Waals surface area contributed by atoms with Crippen molar-refractivity contribution in [2.75, 3.05) is 51.1 Å². The number of rotatable bonds is 8. The Hall–Kier alpha value is -2.70. The molecule has 0 bridgehead atoms. The lowest BCUT2D eigenvalue weighted by Crippen LogP contribution is -2.53. The molecule has 1 aliphatic rings. The van der Waals surface area contributed by atoms with Crippen LogP contribution in [0.15, 0.2) is 48.5 Å². The Kier molecular flexibility index (Phi) is 8.42. The lowest BCUT2D eigenvalue weighted by atomic mass is 10.0. The molecule has 1 heterocycles. The summed E-state index contributed by atoms with van der Waals surface area (Å²) in [4.78, 5) is 32.4. The smallest absolute Gasteiger partial charge is 0.244 e. The summed E-state index contributed by atoms with van der Waals surface area (Å²) in [6, 6.07) is 15.8. The van der Waals surface area contributed by atoms with Crippen molar-refractivity contribution in [3.63, 3.8) is 0 Å². The molecule has 0 saturated carbocycles. The minimum Gasteiger partial charge on any atom is -0.338 e. The molecule has 1 aliphatic heterocycles. The Labute approximate surface area is 192 Å². The van der Waals surface area contributed by atoms with E-state index in [2.05, 4.69) is 29.0 Å². The summed E-state index contributed by atoms with van der Waals surface area (Å²) in [6.07, 6.45) is 0. The number of hydrogen-bond acceptors (Lipinski definition) is 4. The van der Waals surface area contributed by atoms with Crippen LogP contribution in [0.1, 0.15) is 36.6 Å². The first-order chi connectivity index (χ1) is 15.4. The van der Waals surface area contributed by atoms with E-state index in [1.165, 1.54) is 0 Å². The normalized spacial score (nSPS) is 15.6. The van der Waals surface area contributed by atoms with Crippen LogP contribution in [0.25, 0.3) is 0 Å². The molecule has 0 spiro atoms. The fraction of sp³-hybridized carbons (Fsp3) is 0.462. The van der Waals surface area contributed by atoms with Crippen LogP contribution < -0.4 is 5.32 Å². The highest BCUT2D eigenvalue weighted by molar-refractivity contribution is 5.93. The number of carbonyl (C=O) groups excluding carboxylic acids is 2. The third-order valence-corrected chi connectivity index (χ3v) is 6.32. The number of piperazine rings is 1. The van der Waals surface area contributed by atoms with Crippen molar-refractivity contribution in [2.24, 2.45) is 0 Å². The summed E-state index contributed by atoms with van der Waals surface area (Å²) in [6.45, 7) is 12.9. The van der Waals surface area contributed by atoms with E-state index >= 15 is 0 Å². The number of anilines is 1. The summed E-state index contributed by atoms with van der Waals surface area (Å²) in [5.74, 6) is 0.145. The fourth-order valence-corrected chi connectivity index (χ4v) is 4.43. The SMILES string of the molecule is CCN(CC)C(C(=O)N1CCN(CC(=O)Nc2c(C)cccc2C)CC1)c1ccccc1. The van der Waals surface area contributed by atoms with Gasteiger partial charge in [-0.15, -0.1) is 0 Å². The predicted octanol–water partition coefficient (Wildman–Crippen LogP) is 3.47. The Morgan fingerprint density at radius 2 is 1.50 bits per heavy atom. The van der Waals surface area contributed by atoms with Crippen molar-refractivity contribution in [1.29, 1.82) is 0 Å². The average Bonchev–Trinajstić information content (AvgIpc) is 2.80. The highest BCUT2D eigenvalue weighted by Crippen LogP contribution is 2.24. The maximum absolute atomic E-state index is 13.5. The highest BCUT2D eigenvalue weighted by atomic mass is 16.2. The molecule has 6 heteroatoms. The molecule has 172 valence electrons. The topological polar surface area (TPSA) is 55.9 Å². The van der Waals surface area contributed by atoms with Crippen LogP contribution in [-0.4, -0.2) is 72.3 Å². The van der Waals surface area contributed by atoms with Gasteiger partial charge in [0.25, 0.3) is 0 Å². The molecule has 0 aliphatic carbocycles. The molecule has 3 rings (SSSR count). The number of aryl methyl sites for hydroxylation is 2. The third kappa shape index (κ3) is 5.75. The zero-order valence-electron chi connectivity index (χ0n) is 19.8. The molecule has 1 unspecified atom stereocenters. The molecule has 1 atom stereocenters. The molecule has 0 radical (unpaired) electrons. The number of hydrogen-bond donors (Lipinski definition) is 1. The number of nitrogens with zero attached hydrogens (tertiary/aromatic N) is 3. The summed E-state index contributed by atoms with van der Waals surface area (Å²) in [5, 5.41) is 3.06. The van der Waals surface area contributed by atoms with Gasteiger partial charge in [0.15, 0.2) is 0 Å². The predicted molar refractivity (Wildman–Crippen MR) is 130 cm³/mol. The summed E-state index contributed by atoms with van der Waals surface area (Å²) in [7, 11) is 0. The Bertz CT molecular complexity index is 883. The minimum atomic E-state index is -0.259. The lowest BCUT2D eigenvalue weighted by molar-refractivity contribution is -0.139. The van der Waals surface area contributed by atoms with Gasteiger partial charge in [-0.1, -0.05) is 62.4 Å². The van der Waals surface area contributed by atoms with Crippen LogP contribution in [0.3, 0.4) is 0 Å². The first kappa shape index (κ1) is 24.0. The first-order valence-electron chi connectivity index (χ1n) is 11.6. The fourth-order valence-electron chi connectivity index (χ4n) is 4.43. The monoisotopic (exact) mass is 436 g/mol. The number of carbonyl (C=O) groups is 2. The first-order valence-corrected chi connectivity index (χ1v) is 11.6. The van der Waals surface area contributed by atoms with Gasteiger partial charge >= 0.3 is 0 Å². The van der Waals surface area contributed by atoms with Crippen molar-refractivity contribution in [1.82, 2.24) is 14.7 Å². The zero-order chi connectivity index (χ0) is 23.1. The van der Waals surface area contributed by atoms with E-state index in [1.54, 1.807) is 0 Å². The summed E-state index contributed by atoms with van der Waals surface area (Å²) in [5.41, 5.74) is 4.07. The van der Waals surface area contributed by atoms with Crippen molar-refractivity contribution < 1.29 is 9.59 Å². The minimum absolute atomic E-state index is 0.00696. The van der Waals surface area contributed by atoms with Gasteiger partial charge in [-0.25, -0.2) is 0 Å². The molecule has 2 amide bonds. The van der Waals surface area contributed by atoms with Gasteiger partial charge in [-0.3, -0.25) is 19.4 Å². The number of benzene rings is 2. The van der Waals surface area contributed by atoms with Crippen LogP contribution in [0.2, 0.25) is 0 Å². The molecule has 0 aromatic heterocycles. The number of amides is 2. The van der Waals surface area contributed by atoms with E-state index in [0.717, 1.165) is 35.5 Å². The lowest BCUT2D eigenvalue weighted by Gasteiger charge is -2.38. The molecular formula is C26H36N4O2. The van der Waals surface area contributed by atoms with E-state index in [9.17, 15) is 9.59 Å². The van der Waals surface area contributed by atoms with Crippen LogP contribution in [0, 0.1) is 13.8 Å². The second kappa shape index (κ2) is 11.2. The van der Waals surface area contributed by atoms with Gasteiger partial charge in [0.05, 0.1) is 6.54 Å². The molecule has 1 N–H and O–H groups in total. The van der Waals surface area contributed by atoms with Crippen LogP contribution in [-0.2, 0) is 9.59 Å². The van der Waals surface area contributed by atoms with Crippen molar-refractivity contribution >= 4 is 17.5 Å². The van der Waals surface area contributed by atoms with Gasteiger partial charge in [0.2, 0.25) is 11.8 Å². The standard InChI is InChI=1S/C26H36N4O2/c1-5-29(6-2)25(22-13-8-7-9-14-22)26(32)30-17-15-28(16-18-30)19-23(31)27-24-20(3)11-10-12-21(24)4/h7-14,25H,5-6,15-19H2,1-4H3,(H,27,31). The maximum atomic E-state index is 13.5. The number of likely N-dealkylation sites (N-methyl/N-ethyl adjacent to an activating group) is 1. The van der Waals surface area contributed by atoms with Gasteiger partial charge in [0.1, 0.15) is 6.04 Å². The van der Waals surface area contributed by atoms with E-state index in [4.69, 9.17) is 0 Å². The van der Waals surface area contributed by atoms with Crippen LogP contribution in [0.4, 0.5) is 5.69 Å². The van der Waals surface area contributed by atoms with Gasteiger partial charge in [-0.2, -0.15) is 0 Å². The molecule has 1 saturated heterocycles. The Morgan fingerprint density at radius 3 is 2.06 bits per heavy atom. The second-order valence-corrected chi connectivity index (χ2v) is 8.45. The largest absolute Gasteiger partial charge is 0.338 e. The molecular weight excluding hydrogens is 400 g/mol. The van der Waals surface area contributed by atoms with E-state index in [1.807, 2.05) is 67.3 Å². The van der Waals surface area contributed by atoms with E-state index in [0.29, 0.717) is 32.7 Å². The quantitative estimate of drug-likeness (QED) is 0.689.